The SMILES string of the molecule is Cc1ccc(S(=O)(=O)CCc2cc3c(C(C)(C)[C@]4(C)N(C)CCC4(C)C)c[nH]c3cc2C)cc1C. The molecule has 1 atom stereocenters. The van der Waals surface area contributed by atoms with E-state index < -0.39 is 9.84 Å². The summed E-state index contributed by atoms with van der Waals surface area (Å²) in [5.41, 5.74) is 6.81. The summed E-state index contributed by atoms with van der Waals surface area (Å²) < 4.78 is 26.3. The van der Waals surface area contributed by atoms with Crippen LogP contribution < -0.4 is 0 Å². The standard InChI is InChI=1S/C30H42N2O2S/c1-20-10-11-24(16-21(20)2)35(33,34)15-12-23-18-25-26(19-31-27(25)17-22(23)3)29(6,7)30(8)28(4,5)13-14-32(30)9/h10-11,16-19,31H,12-15H2,1-9H3/t30-/m1/s1. The fourth-order valence-electron chi connectivity index (χ4n) is 6.39. The second kappa shape index (κ2) is 8.48. The Kier molecular flexibility index (Phi) is 6.29. The monoisotopic (exact) mass is 494 g/mol. The molecule has 1 saturated heterocycles. The van der Waals surface area contributed by atoms with Gasteiger partial charge in [0, 0.05) is 28.1 Å². The Morgan fingerprint density at radius 1 is 1.00 bits per heavy atom. The van der Waals surface area contributed by atoms with Crippen LogP contribution in [0.4, 0.5) is 0 Å². The van der Waals surface area contributed by atoms with E-state index in [0.29, 0.717) is 11.3 Å². The largest absolute Gasteiger partial charge is 0.361 e. The molecule has 1 aromatic heterocycles. The van der Waals surface area contributed by atoms with Crippen LogP contribution >= 0.6 is 0 Å². The summed E-state index contributed by atoms with van der Waals surface area (Å²) >= 11 is 0. The summed E-state index contributed by atoms with van der Waals surface area (Å²) in [4.78, 5) is 6.46. The number of sulfone groups is 1. The molecule has 4 nitrogen and oxygen atoms in total. The second-order valence-corrected chi connectivity index (χ2v) is 14.2. The summed E-state index contributed by atoms with van der Waals surface area (Å²) in [7, 11) is -1.10. The Morgan fingerprint density at radius 3 is 2.29 bits per heavy atom. The molecule has 1 fully saturated rings. The van der Waals surface area contributed by atoms with E-state index in [1.807, 2.05) is 19.9 Å². The molecule has 0 unspecified atom stereocenters. The zero-order valence-corrected chi connectivity index (χ0v) is 23.8. The van der Waals surface area contributed by atoms with Crippen molar-refractivity contribution in [3.8, 4) is 0 Å². The molecule has 0 saturated carbocycles. The van der Waals surface area contributed by atoms with Crippen LogP contribution in [0.2, 0.25) is 0 Å². The maximum absolute atomic E-state index is 13.1. The Balaban J connectivity index is 1.71. The van der Waals surface area contributed by atoms with Crippen molar-refractivity contribution in [2.24, 2.45) is 5.41 Å². The van der Waals surface area contributed by atoms with Gasteiger partial charge in [0.15, 0.2) is 9.84 Å². The van der Waals surface area contributed by atoms with Crippen LogP contribution in [0.25, 0.3) is 10.9 Å². The predicted octanol–water partition coefficient (Wildman–Crippen LogP) is 6.51. The van der Waals surface area contributed by atoms with Gasteiger partial charge in [-0.2, -0.15) is 0 Å². The maximum atomic E-state index is 13.1. The fraction of sp³-hybridized carbons (Fsp3) is 0.533. The summed E-state index contributed by atoms with van der Waals surface area (Å²) in [5, 5.41) is 1.21. The van der Waals surface area contributed by atoms with Crippen LogP contribution in [0.15, 0.2) is 41.4 Å². The number of likely N-dealkylation sites (tertiary alicyclic amines) is 1. The highest BCUT2D eigenvalue weighted by Gasteiger charge is 2.58. The van der Waals surface area contributed by atoms with Gasteiger partial charge in [-0.1, -0.05) is 33.8 Å². The van der Waals surface area contributed by atoms with Crippen LogP contribution in [0.3, 0.4) is 0 Å². The van der Waals surface area contributed by atoms with Crippen molar-refractivity contribution >= 4 is 20.7 Å². The number of hydrogen-bond acceptors (Lipinski definition) is 3. The van der Waals surface area contributed by atoms with Crippen LogP contribution in [-0.2, 0) is 21.7 Å². The van der Waals surface area contributed by atoms with Crippen molar-refractivity contribution in [1.29, 1.82) is 0 Å². The Hall–Kier alpha value is -2.11. The third kappa shape index (κ3) is 4.05. The highest BCUT2D eigenvalue weighted by atomic mass is 32.2. The van der Waals surface area contributed by atoms with Gasteiger partial charge in [-0.25, -0.2) is 8.42 Å². The lowest BCUT2D eigenvalue weighted by atomic mass is 9.57. The summed E-state index contributed by atoms with van der Waals surface area (Å²) in [5.74, 6) is 0.110. The topological polar surface area (TPSA) is 53.2 Å². The minimum absolute atomic E-state index is 0.0210. The number of benzene rings is 2. The molecular formula is C30H42N2O2S. The van der Waals surface area contributed by atoms with Crippen LogP contribution in [0.1, 0.15) is 68.9 Å². The second-order valence-electron chi connectivity index (χ2n) is 12.1. The number of nitrogens with one attached hydrogen (secondary N) is 1. The van der Waals surface area contributed by atoms with E-state index in [-0.39, 0.29) is 22.1 Å². The number of likely N-dealkylation sites (N-methyl/N-ethyl adjacent to an activating group) is 1. The van der Waals surface area contributed by atoms with Gasteiger partial charge in [-0.15, -0.1) is 0 Å². The minimum atomic E-state index is -3.35. The van der Waals surface area contributed by atoms with Crippen molar-refractivity contribution in [3.63, 3.8) is 0 Å². The number of aromatic amines is 1. The van der Waals surface area contributed by atoms with Gasteiger partial charge in [-0.3, -0.25) is 4.90 Å². The molecule has 0 amide bonds. The van der Waals surface area contributed by atoms with Gasteiger partial charge in [0.1, 0.15) is 0 Å². The molecule has 2 aromatic carbocycles. The lowest BCUT2D eigenvalue weighted by Crippen LogP contribution is -2.59. The van der Waals surface area contributed by atoms with Gasteiger partial charge in [-0.05, 0) is 112 Å². The molecule has 1 aliphatic rings. The van der Waals surface area contributed by atoms with Crippen LogP contribution in [0, 0.1) is 26.2 Å². The Bertz CT molecular complexity index is 1380. The summed E-state index contributed by atoms with van der Waals surface area (Å²) in [6.45, 7) is 19.1. The normalized spacial score (nSPS) is 21.2. The van der Waals surface area contributed by atoms with Gasteiger partial charge in [0.05, 0.1) is 10.6 Å². The smallest absolute Gasteiger partial charge is 0.178 e. The number of hydrogen-bond donors (Lipinski definition) is 1. The highest BCUT2D eigenvalue weighted by molar-refractivity contribution is 7.91. The minimum Gasteiger partial charge on any atom is -0.361 e. The van der Waals surface area contributed by atoms with E-state index in [2.05, 4.69) is 76.8 Å². The van der Waals surface area contributed by atoms with Gasteiger partial charge >= 0.3 is 0 Å². The number of rotatable bonds is 6. The average Bonchev–Trinajstić information content (AvgIpc) is 3.28. The summed E-state index contributed by atoms with van der Waals surface area (Å²) in [6.07, 6.45) is 3.85. The molecule has 1 aliphatic heterocycles. The highest BCUT2D eigenvalue weighted by Crippen LogP contribution is 2.55. The number of aromatic nitrogens is 1. The van der Waals surface area contributed by atoms with Crippen molar-refractivity contribution in [3.05, 3.63) is 64.3 Å². The number of aryl methyl sites for hydroxylation is 4. The molecular weight excluding hydrogens is 452 g/mol. The number of fused-ring (bicyclic) bond motifs is 1. The number of nitrogens with zero attached hydrogens (tertiary/aromatic N) is 1. The summed E-state index contributed by atoms with van der Waals surface area (Å²) in [6, 6.07) is 9.85. The van der Waals surface area contributed by atoms with E-state index in [1.54, 1.807) is 12.1 Å². The first-order chi connectivity index (χ1) is 16.1. The lowest BCUT2D eigenvalue weighted by molar-refractivity contribution is 0.0234. The van der Waals surface area contributed by atoms with Gasteiger partial charge < -0.3 is 4.98 Å². The van der Waals surface area contributed by atoms with E-state index in [0.717, 1.165) is 34.3 Å². The molecule has 190 valence electrons. The Labute approximate surface area is 212 Å². The van der Waals surface area contributed by atoms with Crippen molar-refractivity contribution in [2.75, 3.05) is 19.3 Å². The van der Waals surface area contributed by atoms with E-state index in [1.165, 1.54) is 17.4 Å². The lowest BCUT2D eigenvalue weighted by Gasteiger charge is -2.53. The molecule has 4 rings (SSSR count). The van der Waals surface area contributed by atoms with Crippen LogP contribution in [0.5, 0.6) is 0 Å². The van der Waals surface area contributed by atoms with Gasteiger partial charge in [0.25, 0.3) is 0 Å². The van der Waals surface area contributed by atoms with Gasteiger partial charge in [0.2, 0.25) is 0 Å². The molecule has 0 aliphatic carbocycles. The zero-order chi connectivity index (χ0) is 26.0. The Morgan fingerprint density at radius 2 is 1.69 bits per heavy atom. The number of H-pyrrole nitrogens is 1. The van der Waals surface area contributed by atoms with Crippen molar-refractivity contribution in [2.45, 2.75) is 84.1 Å². The first kappa shape index (κ1) is 26.0. The first-order valence-electron chi connectivity index (χ1n) is 12.7. The zero-order valence-electron chi connectivity index (χ0n) is 23.0. The fourth-order valence-corrected chi connectivity index (χ4v) is 7.75. The van der Waals surface area contributed by atoms with E-state index in [9.17, 15) is 8.42 Å². The molecule has 35 heavy (non-hydrogen) atoms. The van der Waals surface area contributed by atoms with Crippen LogP contribution in [-0.4, -0.2) is 43.2 Å². The predicted molar refractivity (Wildman–Crippen MR) is 147 cm³/mol. The van der Waals surface area contributed by atoms with Crippen molar-refractivity contribution in [1.82, 2.24) is 9.88 Å². The molecule has 0 spiro atoms. The third-order valence-corrected chi connectivity index (χ3v) is 11.4. The molecule has 2 heterocycles. The molecule has 0 radical (unpaired) electrons. The third-order valence-electron chi connectivity index (χ3n) is 9.66. The first-order valence-corrected chi connectivity index (χ1v) is 14.4. The quantitative estimate of drug-likeness (QED) is 0.425. The molecule has 1 N–H and O–H groups in total. The molecule has 3 aromatic rings. The van der Waals surface area contributed by atoms with E-state index >= 15 is 0 Å². The molecule has 0 bridgehead atoms. The van der Waals surface area contributed by atoms with E-state index in [4.69, 9.17) is 0 Å². The van der Waals surface area contributed by atoms with Crippen molar-refractivity contribution < 1.29 is 8.42 Å². The molecule has 5 heteroatoms. The maximum Gasteiger partial charge on any atom is 0.178 e. The average molecular weight is 495 g/mol.